The summed E-state index contributed by atoms with van der Waals surface area (Å²) in [6.07, 6.45) is 0. The van der Waals surface area contributed by atoms with Crippen LogP contribution < -0.4 is 84.1 Å². The molecule has 66 heavy (non-hydrogen) atoms. The van der Waals surface area contributed by atoms with Gasteiger partial charge in [-0.25, -0.2) is 46.2 Å². The lowest BCUT2D eigenvalue weighted by atomic mass is 10.1. The minimum absolute atomic E-state index is 0.185. The van der Waals surface area contributed by atoms with Crippen molar-refractivity contribution >= 4 is 11.9 Å². The maximum atomic E-state index is 8.49. The van der Waals surface area contributed by atoms with E-state index in [0.29, 0.717) is 58.7 Å². The molecular formula is C32H50Cl2N16O16. The zero-order chi connectivity index (χ0) is 49.6. The second kappa shape index (κ2) is 23.8. The lowest BCUT2D eigenvalue weighted by Gasteiger charge is -2.43. The fraction of sp³-hybridized carbons (Fsp3) is 0.625. The number of ether oxygens (including phenoxy) is 8. The standard InChI is InChI=1S/2C16H25N8O4.2ClHO4/c2*1-23-7-8-24(2,12-19-15(27-5)22-16(20-12)28-6)10(9-23)11-17-13(25-3)21-14(18-11)26-4;2*2-1(3,4)5/h2*10H,7-9H2,1-6H3;2*(H,2,3,4,5)/q2*+1;;/p-2. The first kappa shape index (κ1) is 54.9. The van der Waals surface area contributed by atoms with Crippen LogP contribution in [0.4, 0.5) is 11.9 Å². The van der Waals surface area contributed by atoms with Crippen molar-refractivity contribution in [2.45, 2.75) is 12.1 Å². The topological polar surface area (TPSA) is 419 Å². The monoisotopic (exact) mass is 984 g/mol. The molecule has 4 aromatic rings. The Hall–Kier alpha value is -5.46. The highest BCUT2D eigenvalue weighted by Gasteiger charge is 2.47. The third-order valence-electron chi connectivity index (χ3n) is 9.60. The van der Waals surface area contributed by atoms with Gasteiger partial charge in [-0.05, 0) is 14.1 Å². The molecule has 2 aliphatic heterocycles. The molecule has 0 aromatic carbocycles. The third kappa shape index (κ3) is 15.9. The van der Waals surface area contributed by atoms with E-state index in [9.17, 15) is 0 Å². The number of piperazine rings is 2. The third-order valence-corrected chi connectivity index (χ3v) is 9.60. The maximum absolute atomic E-state index is 8.49. The van der Waals surface area contributed by atoms with Crippen molar-refractivity contribution in [3.8, 4) is 48.1 Å². The highest BCUT2D eigenvalue weighted by molar-refractivity contribution is 5.34. The summed E-state index contributed by atoms with van der Waals surface area (Å²) in [5.74, 6) is 2.05. The van der Waals surface area contributed by atoms with E-state index < -0.39 is 20.5 Å². The molecule has 4 unspecified atom stereocenters. The Balaban J connectivity index is 0.000000291. The van der Waals surface area contributed by atoms with Crippen LogP contribution in [0.25, 0.3) is 0 Å². The molecule has 0 aliphatic carbocycles. The number of quaternary nitrogens is 2. The van der Waals surface area contributed by atoms with Gasteiger partial charge < -0.3 is 37.9 Å². The van der Waals surface area contributed by atoms with Crippen molar-refractivity contribution in [1.82, 2.24) is 78.6 Å². The van der Waals surface area contributed by atoms with E-state index >= 15 is 0 Å². The van der Waals surface area contributed by atoms with Crippen LogP contribution in [-0.4, -0.2) is 194 Å². The molecule has 0 spiro atoms. The van der Waals surface area contributed by atoms with Crippen LogP contribution in [0.1, 0.15) is 23.7 Å². The Morgan fingerprint density at radius 3 is 0.788 bits per heavy atom. The number of likely N-dealkylation sites (N-methyl/N-ethyl adjacent to an activating group) is 4. The molecule has 0 radical (unpaired) electrons. The average Bonchev–Trinajstić information content (AvgIpc) is 3.28. The highest BCUT2D eigenvalue weighted by atomic mass is 35.7. The molecule has 6 rings (SSSR count). The molecule has 2 saturated heterocycles. The van der Waals surface area contributed by atoms with Crippen molar-refractivity contribution in [3.63, 3.8) is 0 Å². The van der Waals surface area contributed by atoms with Gasteiger partial charge >= 0.3 is 60.0 Å². The Morgan fingerprint density at radius 1 is 0.394 bits per heavy atom. The summed E-state index contributed by atoms with van der Waals surface area (Å²) >= 11 is 0. The maximum Gasteiger partial charge on any atom is 0.338 e. The minimum atomic E-state index is -4.94. The summed E-state index contributed by atoms with van der Waals surface area (Å²) < 4.78 is 110. The molecule has 2 fully saturated rings. The molecular weight excluding hydrogens is 935 g/mol. The number of aromatic nitrogens is 12. The van der Waals surface area contributed by atoms with Gasteiger partial charge in [-0.15, -0.1) is 60.4 Å². The van der Waals surface area contributed by atoms with Gasteiger partial charge in [0.05, 0.1) is 97.2 Å². The second-order valence-corrected chi connectivity index (χ2v) is 15.4. The van der Waals surface area contributed by atoms with Crippen LogP contribution in [0, 0.1) is 20.5 Å². The molecule has 0 amide bonds. The average molecular weight is 986 g/mol. The summed E-state index contributed by atoms with van der Waals surface area (Å²) in [5.41, 5.74) is 0. The Labute approximate surface area is 381 Å². The first-order chi connectivity index (χ1) is 30.9. The SMILES string of the molecule is COc1nc(OC)nc(C2CN(C)CC[N+]2(C)c2nc(OC)nc(OC)n2)n1.COc1nc(OC)nc(C2CN(C)CC[N+]2(C)c2nc(OC)nc(OC)n2)n1.[O-][Cl+3]([O-])([O-])[O-].[O-][Cl+3]([O-])([O-])[O-]. The summed E-state index contributed by atoms with van der Waals surface area (Å²) in [6, 6.07) is 1.08. The van der Waals surface area contributed by atoms with E-state index in [1.54, 1.807) is 0 Å². The van der Waals surface area contributed by atoms with Gasteiger partial charge in [0.2, 0.25) is 0 Å². The zero-order valence-electron chi connectivity index (χ0n) is 37.8. The molecule has 6 heterocycles. The molecule has 4 aromatic heterocycles. The van der Waals surface area contributed by atoms with E-state index in [-0.39, 0.29) is 60.2 Å². The molecule has 4 atom stereocenters. The normalized spacial score (nSPS) is 21.0. The van der Waals surface area contributed by atoms with Crippen molar-refractivity contribution < 1.29 is 95.7 Å². The van der Waals surface area contributed by atoms with E-state index in [1.165, 1.54) is 56.9 Å². The predicted molar refractivity (Wildman–Crippen MR) is 197 cm³/mol. The minimum Gasteiger partial charge on any atom is -0.467 e. The lowest BCUT2D eigenvalue weighted by molar-refractivity contribution is -2.00. The first-order valence-corrected chi connectivity index (χ1v) is 21.0. The van der Waals surface area contributed by atoms with Crippen LogP contribution in [-0.2, 0) is 0 Å². The molecule has 0 bridgehead atoms. The Kier molecular flexibility index (Phi) is 19.8. The number of rotatable bonds is 12. The van der Waals surface area contributed by atoms with E-state index in [2.05, 4.69) is 69.6 Å². The van der Waals surface area contributed by atoms with Crippen LogP contribution in [0.15, 0.2) is 0 Å². The summed E-state index contributed by atoms with van der Waals surface area (Å²) in [6.45, 7) is 4.44. The van der Waals surface area contributed by atoms with Crippen molar-refractivity contribution in [1.29, 1.82) is 0 Å². The molecule has 368 valence electrons. The van der Waals surface area contributed by atoms with Crippen LogP contribution in [0.2, 0.25) is 0 Å². The van der Waals surface area contributed by atoms with Gasteiger partial charge in [0.1, 0.15) is 0 Å². The van der Waals surface area contributed by atoms with Crippen LogP contribution >= 0.6 is 0 Å². The summed E-state index contributed by atoms with van der Waals surface area (Å²) in [5, 5.41) is 0. The van der Waals surface area contributed by atoms with Gasteiger partial charge in [0, 0.05) is 13.1 Å². The number of methoxy groups -OCH3 is 8. The van der Waals surface area contributed by atoms with Gasteiger partial charge in [0.25, 0.3) is 0 Å². The number of nitrogens with zero attached hydrogens (tertiary/aromatic N) is 16. The molecule has 0 saturated carbocycles. The zero-order valence-corrected chi connectivity index (χ0v) is 39.4. The van der Waals surface area contributed by atoms with Gasteiger partial charge in [-0.1, -0.05) is 0 Å². The smallest absolute Gasteiger partial charge is 0.338 e. The van der Waals surface area contributed by atoms with Crippen molar-refractivity contribution in [3.05, 3.63) is 11.6 Å². The van der Waals surface area contributed by atoms with E-state index in [4.69, 9.17) is 75.2 Å². The molecule has 2 aliphatic rings. The molecule has 34 heteroatoms. The summed E-state index contributed by atoms with van der Waals surface area (Å²) in [7, 11) is 10.3. The fourth-order valence-electron chi connectivity index (χ4n) is 6.20. The number of hydrogen-bond acceptors (Lipinski definition) is 30. The quantitative estimate of drug-likeness (QED) is 0.119. The van der Waals surface area contributed by atoms with E-state index in [0.717, 1.165) is 13.1 Å². The van der Waals surface area contributed by atoms with Gasteiger partial charge in [0.15, 0.2) is 23.7 Å². The fourth-order valence-corrected chi connectivity index (χ4v) is 6.20. The van der Waals surface area contributed by atoms with Crippen LogP contribution in [0.5, 0.6) is 48.1 Å². The lowest BCUT2D eigenvalue weighted by Crippen LogP contribution is -2.68. The largest absolute Gasteiger partial charge is 0.467 e. The summed E-state index contributed by atoms with van der Waals surface area (Å²) in [4.78, 5) is 56.5. The van der Waals surface area contributed by atoms with Crippen molar-refractivity contribution in [2.75, 3.05) is 124 Å². The highest BCUT2D eigenvalue weighted by Crippen LogP contribution is 2.37. The second-order valence-electron chi connectivity index (χ2n) is 13.8. The first-order valence-electron chi connectivity index (χ1n) is 18.5. The molecule has 32 nitrogen and oxygen atoms in total. The van der Waals surface area contributed by atoms with Gasteiger partial charge in [-0.2, -0.15) is 19.9 Å². The number of hydrogen-bond donors (Lipinski definition) is 0. The van der Waals surface area contributed by atoms with E-state index in [1.807, 2.05) is 28.2 Å². The Bertz CT molecular complexity index is 1920. The van der Waals surface area contributed by atoms with Gasteiger partial charge in [-0.3, -0.25) is 9.80 Å². The number of halogens is 2. The predicted octanol–water partition coefficient (Wildman–Crippen LogP) is -10.1. The Morgan fingerprint density at radius 2 is 0.591 bits per heavy atom. The molecule has 0 N–H and O–H groups in total. The van der Waals surface area contributed by atoms with Crippen LogP contribution in [0.3, 0.4) is 0 Å². The van der Waals surface area contributed by atoms with Crippen molar-refractivity contribution in [2.24, 2.45) is 0 Å².